The Morgan fingerprint density at radius 2 is 1.89 bits per heavy atom. The zero-order chi connectivity index (χ0) is 13.5. The Bertz CT molecular complexity index is 607. The first-order valence-corrected chi connectivity index (χ1v) is 6.20. The van der Waals surface area contributed by atoms with Gasteiger partial charge in [-0.25, -0.2) is 0 Å². The summed E-state index contributed by atoms with van der Waals surface area (Å²) in [6, 6.07) is 9.74. The summed E-state index contributed by atoms with van der Waals surface area (Å²) in [6.07, 6.45) is 9.78. The average molecular weight is 252 g/mol. The number of hydrogen-bond acceptors (Lipinski definition) is 3. The van der Waals surface area contributed by atoms with Crippen molar-refractivity contribution in [3.8, 4) is 11.5 Å². The van der Waals surface area contributed by atoms with E-state index in [-0.39, 0.29) is 0 Å². The first-order valence-electron chi connectivity index (χ1n) is 6.20. The summed E-state index contributed by atoms with van der Waals surface area (Å²) in [4.78, 5) is 4.42. The minimum Gasteiger partial charge on any atom is -0.334 e. The lowest BCUT2D eigenvalue weighted by Crippen LogP contribution is -1.84. The normalized spacial score (nSPS) is 12.6. The summed E-state index contributed by atoms with van der Waals surface area (Å²) in [5.41, 5.74) is 1.85. The van der Waals surface area contributed by atoms with Gasteiger partial charge in [0.1, 0.15) is 0 Å². The second kappa shape index (κ2) is 6.50. The summed E-state index contributed by atoms with van der Waals surface area (Å²) >= 11 is 0. The van der Waals surface area contributed by atoms with Crippen molar-refractivity contribution >= 4 is 5.57 Å². The van der Waals surface area contributed by atoms with Gasteiger partial charge in [0.15, 0.2) is 0 Å². The molecule has 0 bridgehead atoms. The van der Waals surface area contributed by atoms with Crippen LogP contribution < -0.4 is 0 Å². The third kappa shape index (κ3) is 3.28. The van der Waals surface area contributed by atoms with Crippen molar-refractivity contribution < 1.29 is 4.52 Å². The molecule has 0 spiro atoms. The predicted molar refractivity (Wildman–Crippen MR) is 77.3 cm³/mol. The van der Waals surface area contributed by atoms with E-state index in [1.807, 2.05) is 74.6 Å². The summed E-state index contributed by atoms with van der Waals surface area (Å²) in [5.74, 6) is 1.13. The fourth-order valence-electron chi connectivity index (χ4n) is 1.62. The van der Waals surface area contributed by atoms with Gasteiger partial charge in [-0.1, -0.05) is 53.7 Å². The van der Waals surface area contributed by atoms with Crippen molar-refractivity contribution in [1.29, 1.82) is 0 Å². The van der Waals surface area contributed by atoms with E-state index < -0.39 is 0 Å². The van der Waals surface area contributed by atoms with E-state index in [4.69, 9.17) is 4.52 Å². The molecule has 0 aliphatic rings. The molecule has 0 unspecified atom stereocenters. The van der Waals surface area contributed by atoms with Crippen LogP contribution in [-0.2, 0) is 0 Å². The highest BCUT2D eigenvalue weighted by Crippen LogP contribution is 2.20. The molecule has 0 saturated carbocycles. The monoisotopic (exact) mass is 252 g/mol. The van der Waals surface area contributed by atoms with E-state index >= 15 is 0 Å². The fraction of sp³-hybridized carbons (Fsp3) is 0.125. The maximum Gasteiger partial charge on any atom is 0.258 e. The smallest absolute Gasteiger partial charge is 0.258 e. The molecule has 0 saturated heterocycles. The molecule has 1 aromatic heterocycles. The molecule has 0 fully saturated rings. The Balaban J connectivity index is 2.34. The minimum atomic E-state index is 0.534. The molecule has 2 rings (SSSR count). The van der Waals surface area contributed by atoms with E-state index in [0.29, 0.717) is 11.7 Å². The zero-order valence-corrected chi connectivity index (χ0v) is 11.1. The largest absolute Gasteiger partial charge is 0.334 e. The molecule has 1 heterocycles. The molecule has 96 valence electrons. The molecule has 0 aliphatic carbocycles. The van der Waals surface area contributed by atoms with Gasteiger partial charge < -0.3 is 4.52 Å². The standard InChI is InChI=1S/C16H16N2O/c1-3-5-10-13(9-4-2)15-17-16(19-18-15)14-11-7-6-8-12-14/h3-12H,1-2H3/b5-3-,9-4-,13-10+. The van der Waals surface area contributed by atoms with Crippen LogP contribution >= 0.6 is 0 Å². The number of benzene rings is 1. The summed E-state index contributed by atoms with van der Waals surface area (Å²) in [5, 5.41) is 4.02. The first-order chi connectivity index (χ1) is 9.35. The molecule has 0 atom stereocenters. The topological polar surface area (TPSA) is 38.9 Å². The third-order valence-electron chi connectivity index (χ3n) is 2.52. The van der Waals surface area contributed by atoms with Crippen molar-refractivity contribution in [1.82, 2.24) is 10.1 Å². The minimum absolute atomic E-state index is 0.534. The van der Waals surface area contributed by atoms with Gasteiger partial charge in [0.25, 0.3) is 5.89 Å². The number of aromatic nitrogens is 2. The van der Waals surface area contributed by atoms with E-state index in [9.17, 15) is 0 Å². The lowest BCUT2D eigenvalue weighted by Gasteiger charge is -1.92. The van der Waals surface area contributed by atoms with Crippen LogP contribution in [0, 0.1) is 0 Å². The SMILES string of the molecule is C\C=C/C=C(\C=C/C)c1noc(-c2ccccc2)n1. The first kappa shape index (κ1) is 13.0. The van der Waals surface area contributed by atoms with Crippen molar-refractivity contribution in [2.45, 2.75) is 13.8 Å². The molecule has 0 radical (unpaired) electrons. The Morgan fingerprint density at radius 1 is 1.11 bits per heavy atom. The fourth-order valence-corrected chi connectivity index (χ4v) is 1.62. The second-order valence-electron chi connectivity index (χ2n) is 3.94. The van der Waals surface area contributed by atoms with Crippen LogP contribution in [0.25, 0.3) is 17.0 Å². The molecular formula is C16H16N2O. The van der Waals surface area contributed by atoms with Crippen LogP contribution in [0.5, 0.6) is 0 Å². The van der Waals surface area contributed by atoms with Crippen molar-refractivity contribution in [2.24, 2.45) is 0 Å². The highest BCUT2D eigenvalue weighted by atomic mass is 16.5. The molecule has 3 heteroatoms. The van der Waals surface area contributed by atoms with Gasteiger partial charge in [-0.15, -0.1) is 0 Å². The summed E-state index contributed by atoms with van der Waals surface area (Å²) in [6.45, 7) is 3.93. The number of allylic oxidation sites excluding steroid dienone is 6. The molecule has 19 heavy (non-hydrogen) atoms. The number of hydrogen-bond donors (Lipinski definition) is 0. The quantitative estimate of drug-likeness (QED) is 0.763. The molecule has 0 amide bonds. The molecule has 0 aliphatic heterocycles. The van der Waals surface area contributed by atoms with Crippen molar-refractivity contribution in [2.75, 3.05) is 0 Å². The van der Waals surface area contributed by atoms with Gasteiger partial charge in [-0.3, -0.25) is 0 Å². The molecule has 1 aromatic carbocycles. The second-order valence-corrected chi connectivity index (χ2v) is 3.94. The van der Waals surface area contributed by atoms with Crippen molar-refractivity contribution in [3.63, 3.8) is 0 Å². The van der Waals surface area contributed by atoms with Gasteiger partial charge in [-0.2, -0.15) is 4.98 Å². The van der Waals surface area contributed by atoms with Gasteiger partial charge in [-0.05, 0) is 26.0 Å². The Morgan fingerprint density at radius 3 is 2.58 bits per heavy atom. The zero-order valence-electron chi connectivity index (χ0n) is 11.1. The van der Waals surface area contributed by atoms with E-state index in [1.54, 1.807) is 0 Å². The summed E-state index contributed by atoms with van der Waals surface area (Å²) < 4.78 is 5.30. The maximum absolute atomic E-state index is 5.30. The summed E-state index contributed by atoms with van der Waals surface area (Å²) in [7, 11) is 0. The van der Waals surface area contributed by atoms with E-state index in [0.717, 1.165) is 11.1 Å². The average Bonchev–Trinajstić information content (AvgIpc) is 2.94. The van der Waals surface area contributed by atoms with Gasteiger partial charge in [0.2, 0.25) is 5.82 Å². The van der Waals surface area contributed by atoms with E-state index in [1.165, 1.54) is 0 Å². The molecule has 2 aromatic rings. The van der Waals surface area contributed by atoms with Crippen LogP contribution in [0.4, 0.5) is 0 Å². The lowest BCUT2D eigenvalue weighted by molar-refractivity contribution is 0.428. The Labute approximate surface area is 113 Å². The van der Waals surface area contributed by atoms with Crippen LogP contribution in [0.1, 0.15) is 19.7 Å². The van der Waals surface area contributed by atoms with Crippen LogP contribution in [0.3, 0.4) is 0 Å². The third-order valence-corrected chi connectivity index (χ3v) is 2.52. The van der Waals surface area contributed by atoms with Crippen molar-refractivity contribution in [3.05, 3.63) is 66.5 Å². The lowest BCUT2D eigenvalue weighted by atomic mass is 10.2. The molecule has 0 N–H and O–H groups in total. The maximum atomic E-state index is 5.30. The number of nitrogens with zero attached hydrogens (tertiary/aromatic N) is 2. The highest BCUT2D eigenvalue weighted by Gasteiger charge is 2.09. The molecule has 3 nitrogen and oxygen atoms in total. The predicted octanol–water partition coefficient (Wildman–Crippen LogP) is 4.27. The Kier molecular flexibility index (Phi) is 4.45. The van der Waals surface area contributed by atoms with Gasteiger partial charge >= 0.3 is 0 Å². The number of rotatable bonds is 4. The van der Waals surface area contributed by atoms with Gasteiger partial charge in [0, 0.05) is 11.1 Å². The van der Waals surface area contributed by atoms with Crippen LogP contribution in [0.2, 0.25) is 0 Å². The van der Waals surface area contributed by atoms with Crippen LogP contribution in [0.15, 0.2) is 65.2 Å². The highest BCUT2D eigenvalue weighted by molar-refractivity contribution is 5.71. The van der Waals surface area contributed by atoms with Crippen LogP contribution in [-0.4, -0.2) is 10.1 Å². The van der Waals surface area contributed by atoms with E-state index in [2.05, 4.69) is 10.1 Å². The van der Waals surface area contributed by atoms with Gasteiger partial charge in [0.05, 0.1) is 0 Å². The Hall–Kier alpha value is -2.42. The molecular weight excluding hydrogens is 236 g/mol.